The summed E-state index contributed by atoms with van der Waals surface area (Å²) < 4.78 is 10.7. The first kappa shape index (κ1) is 13.4. The molecule has 0 bridgehead atoms. The highest BCUT2D eigenvalue weighted by atomic mass is 16.5. The molecule has 0 radical (unpaired) electrons. The lowest BCUT2D eigenvalue weighted by atomic mass is 10.3. The third-order valence-corrected chi connectivity index (χ3v) is 2.68. The molecule has 1 fully saturated rings. The van der Waals surface area contributed by atoms with Crippen LogP contribution >= 0.6 is 0 Å². The molecule has 2 N–H and O–H groups in total. The third kappa shape index (κ3) is 4.92. The molecule has 1 aliphatic rings. The molecule has 5 heteroatoms. The summed E-state index contributed by atoms with van der Waals surface area (Å²) in [6.07, 6.45) is 2.41. The van der Waals surface area contributed by atoms with Crippen molar-refractivity contribution in [3.05, 3.63) is 0 Å². The van der Waals surface area contributed by atoms with E-state index in [1.807, 2.05) is 0 Å². The first-order valence-electron chi connectivity index (χ1n) is 5.87. The largest absolute Gasteiger partial charge is 0.379 e. The van der Waals surface area contributed by atoms with Crippen molar-refractivity contribution in [1.29, 1.82) is 0 Å². The zero-order chi connectivity index (χ0) is 11.8. The van der Waals surface area contributed by atoms with Gasteiger partial charge >= 0.3 is 0 Å². The molecule has 0 aromatic carbocycles. The van der Waals surface area contributed by atoms with Gasteiger partial charge in [-0.05, 0) is 19.4 Å². The molecule has 94 valence electrons. The van der Waals surface area contributed by atoms with Crippen LogP contribution in [0.5, 0.6) is 0 Å². The normalized spacial score (nSPS) is 20.0. The number of carbonyl (C=O) groups is 1. The van der Waals surface area contributed by atoms with E-state index < -0.39 is 0 Å². The highest BCUT2D eigenvalue weighted by molar-refractivity contribution is 5.75. The summed E-state index contributed by atoms with van der Waals surface area (Å²) in [5.41, 5.74) is 5.38. The second kappa shape index (κ2) is 7.60. The number of hydrogen-bond acceptors (Lipinski definition) is 4. The Balaban J connectivity index is 2.04. The topological polar surface area (TPSA) is 64.8 Å². The maximum absolute atomic E-state index is 11.6. The number of carbonyl (C=O) groups excluding carboxylic acids is 1. The van der Waals surface area contributed by atoms with E-state index in [0.29, 0.717) is 26.2 Å². The standard InChI is InChI=1S/C11H22N2O3/c1-13(6-2-5-12)11(14)4-8-16-10-3-7-15-9-10/h10H,2-9,12H2,1H3. The molecular formula is C11H22N2O3. The summed E-state index contributed by atoms with van der Waals surface area (Å²) >= 11 is 0. The van der Waals surface area contributed by atoms with Gasteiger partial charge in [-0.2, -0.15) is 0 Å². The summed E-state index contributed by atoms with van der Waals surface area (Å²) in [5.74, 6) is 0.118. The second-order valence-electron chi connectivity index (χ2n) is 4.06. The molecule has 1 amide bonds. The van der Waals surface area contributed by atoms with Crippen LogP contribution in [0.15, 0.2) is 0 Å². The molecule has 1 rings (SSSR count). The van der Waals surface area contributed by atoms with Gasteiger partial charge in [-0.25, -0.2) is 0 Å². The number of ether oxygens (including phenoxy) is 2. The Bertz CT molecular complexity index is 205. The predicted molar refractivity (Wildman–Crippen MR) is 61.1 cm³/mol. The minimum Gasteiger partial charge on any atom is -0.379 e. The molecule has 1 aliphatic heterocycles. The van der Waals surface area contributed by atoms with Crippen LogP contribution in [0.3, 0.4) is 0 Å². The fourth-order valence-electron chi connectivity index (χ4n) is 1.60. The third-order valence-electron chi connectivity index (χ3n) is 2.68. The van der Waals surface area contributed by atoms with Gasteiger partial charge in [-0.15, -0.1) is 0 Å². The summed E-state index contributed by atoms with van der Waals surface area (Å²) in [6.45, 7) is 3.27. The Hall–Kier alpha value is -0.650. The van der Waals surface area contributed by atoms with E-state index >= 15 is 0 Å². The smallest absolute Gasteiger partial charge is 0.224 e. The molecule has 0 spiro atoms. The van der Waals surface area contributed by atoms with E-state index in [1.54, 1.807) is 11.9 Å². The van der Waals surface area contributed by atoms with E-state index in [-0.39, 0.29) is 12.0 Å². The van der Waals surface area contributed by atoms with Gasteiger partial charge in [0, 0.05) is 20.2 Å². The molecule has 1 unspecified atom stereocenters. The number of nitrogens with two attached hydrogens (primary N) is 1. The van der Waals surface area contributed by atoms with E-state index in [0.717, 1.165) is 26.0 Å². The van der Waals surface area contributed by atoms with Crippen LogP contribution in [0.1, 0.15) is 19.3 Å². The van der Waals surface area contributed by atoms with Crippen molar-refractivity contribution < 1.29 is 14.3 Å². The lowest BCUT2D eigenvalue weighted by molar-refractivity contribution is -0.131. The summed E-state index contributed by atoms with van der Waals surface area (Å²) in [5, 5.41) is 0. The maximum atomic E-state index is 11.6. The van der Waals surface area contributed by atoms with Gasteiger partial charge in [0.15, 0.2) is 0 Å². The molecule has 1 heterocycles. The van der Waals surface area contributed by atoms with Crippen molar-refractivity contribution in [1.82, 2.24) is 4.90 Å². The first-order valence-corrected chi connectivity index (χ1v) is 5.87. The highest BCUT2D eigenvalue weighted by Crippen LogP contribution is 2.08. The van der Waals surface area contributed by atoms with Crippen LogP contribution in [0.4, 0.5) is 0 Å². The van der Waals surface area contributed by atoms with Crippen LogP contribution in [-0.4, -0.2) is 56.9 Å². The van der Waals surface area contributed by atoms with Gasteiger partial charge in [-0.3, -0.25) is 4.79 Å². The van der Waals surface area contributed by atoms with E-state index in [2.05, 4.69) is 0 Å². The fourth-order valence-corrected chi connectivity index (χ4v) is 1.60. The first-order chi connectivity index (χ1) is 7.74. The van der Waals surface area contributed by atoms with Crippen LogP contribution in [-0.2, 0) is 14.3 Å². The van der Waals surface area contributed by atoms with Crippen LogP contribution in [0, 0.1) is 0 Å². The lowest BCUT2D eigenvalue weighted by Crippen LogP contribution is -2.30. The Morgan fingerprint density at radius 1 is 1.62 bits per heavy atom. The van der Waals surface area contributed by atoms with E-state index in [4.69, 9.17) is 15.2 Å². The van der Waals surface area contributed by atoms with Crippen LogP contribution in [0.2, 0.25) is 0 Å². The van der Waals surface area contributed by atoms with Gasteiger partial charge in [-0.1, -0.05) is 0 Å². The van der Waals surface area contributed by atoms with Gasteiger partial charge in [0.25, 0.3) is 0 Å². The summed E-state index contributed by atoms with van der Waals surface area (Å²) in [4.78, 5) is 13.3. The van der Waals surface area contributed by atoms with E-state index in [1.165, 1.54) is 0 Å². The van der Waals surface area contributed by atoms with E-state index in [9.17, 15) is 4.79 Å². The van der Waals surface area contributed by atoms with Crippen molar-refractivity contribution in [2.75, 3.05) is 40.0 Å². The van der Waals surface area contributed by atoms with Crippen molar-refractivity contribution in [3.63, 3.8) is 0 Å². The summed E-state index contributed by atoms with van der Waals surface area (Å²) in [6, 6.07) is 0. The Labute approximate surface area is 96.9 Å². The zero-order valence-corrected chi connectivity index (χ0v) is 9.98. The zero-order valence-electron chi connectivity index (χ0n) is 9.98. The Morgan fingerprint density at radius 2 is 2.44 bits per heavy atom. The van der Waals surface area contributed by atoms with Crippen molar-refractivity contribution in [3.8, 4) is 0 Å². The number of amides is 1. The quantitative estimate of drug-likeness (QED) is 0.668. The van der Waals surface area contributed by atoms with Crippen molar-refractivity contribution in [2.24, 2.45) is 5.73 Å². The molecule has 16 heavy (non-hydrogen) atoms. The Morgan fingerprint density at radius 3 is 3.06 bits per heavy atom. The van der Waals surface area contributed by atoms with Gasteiger partial charge in [0.2, 0.25) is 5.91 Å². The number of rotatable bonds is 7. The minimum absolute atomic E-state index is 0.118. The SMILES string of the molecule is CN(CCCN)C(=O)CCOC1CCOC1. The number of hydrogen-bond donors (Lipinski definition) is 1. The molecule has 0 aromatic rings. The molecule has 1 atom stereocenters. The fraction of sp³-hybridized carbons (Fsp3) is 0.909. The lowest BCUT2D eigenvalue weighted by Gasteiger charge is -2.17. The maximum Gasteiger partial charge on any atom is 0.224 e. The van der Waals surface area contributed by atoms with Gasteiger partial charge < -0.3 is 20.1 Å². The average Bonchev–Trinajstić information content (AvgIpc) is 2.78. The average molecular weight is 230 g/mol. The number of nitrogens with zero attached hydrogens (tertiary/aromatic N) is 1. The monoisotopic (exact) mass is 230 g/mol. The molecule has 5 nitrogen and oxygen atoms in total. The molecule has 0 saturated carbocycles. The predicted octanol–water partition coefficient (Wildman–Crippen LogP) is -0.0108. The van der Waals surface area contributed by atoms with Crippen LogP contribution in [0.25, 0.3) is 0 Å². The van der Waals surface area contributed by atoms with Gasteiger partial charge in [0.05, 0.1) is 25.7 Å². The summed E-state index contributed by atoms with van der Waals surface area (Å²) in [7, 11) is 1.80. The van der Waals surface area contributed by atoms with Gasteiger partial charge in [0.1, 0.15) is 0 Å². The highest BCUT2D eigenvalue weighted by Gasteiger charge is 2.16. The van der Waals surface area contributed by atoms with Crippen LogP contribution < -0.4 is 5.73 Å². The molecule has 0 aliphatic carbocycles. The minimum atomic E-state index is 0.118. The second-order valence-corrected chi connectivity index (χ2v) is 4.06. The molecular weight excluding hydrogens is 208 g/mol. The van der Waals surface area contributed by atoms with Crippen molar-refractivity contribution in [2.45, 2.75) is 25.4 Å². The molecule has 1 saturated heterocycles. The molecule has 0 aromatic heterocycles. The Kier molecular flexibility index (Phi) is 6.37. The van der Waals surface area contributed by atoms with Crippen molar-refractivity contribution >= 4 is 5.91 Å².